The van der Waals surface area contributed by atoms with Crippen LogP contribution in [-0.4, -0.2) is 22.6 Å². The van der Waals surface area contributed by atoms with Crippen molar-refractivity contribution in [3.05, 3.63) is 72.1 Å². The van der Waals surface area contributed by atoms with E-state index in [9.17, 15) is 10.1 Å². The second-order valence-corrected chi connectivity index (χ2v) is 6.10. The number of anilines is 1. The number of rotatable bonds is 3. The summed E-state index contributed by atoms with van der Waals surface area (Å²) in [5, 5.41) is 10.4. The lowest BCUT2D eigenvalue weighted by Crippen LogP contribution is -2.11. The summed E-state index contributed by atoms with van der Waals surface area (Å²) in [5.74, 6) is -0.589. The quantitative estimate of drug-likeness (QED) is 0.545. The molecule has 0 atom stereocenters. The monoisotopic (exact) mass is 356 g/mol. The number of nitrogens with two attached hydrogens (primary N) is 1. The van der Waals surface area contributed by atoms with E-state index in [1.165, 1.54) is 7.11 Å². The molecule has 132 valence electrons. The molecule has 0 saturated carbocycles. The van der Waals surface area contributed by atoms with Crippen LogP contribution < -0.4 is 5.73 Å². The smallest absolute Gasteiger partial charge is 0.357 e. The lowest BCUT2D eigenvalue weighted by Gasteiger charge is -2.09. The Morgan fingerprint density at radius 1 is 1.19 bits per heavy atom. The summed E-state index contributed by atoms with van der Waals surface area (Å²) in [6.07, 6.45) is 1.54. The highest BCUT2D eigenvalue weighted by Crippen LogP contribution is 2.28. The van der Waals surface area contributed by atoms with Crippen LogP contribution in [0.25, 0.3) is 27.8 Å². The van der Waals surface area contributed by atoms with Gasteiger partial charge in [0, 0.05) is 28.5 Å². The normalized spacial score (nSPS) is 10.7. The molecule has 0 aliphatic rings. The Labute approximate surface area is 155 Å². The van der Waals surface area contributed by atoms with Crippen LogP contribution in [0, 0.1) is 11.3 Å². The molecular weight excluding hydrogens is 340 g/mol. The first kappa shape index (κ1) is 16.5. The van der Waals surface area contributed by atoms with Crippen LogP contribution in [0.15, 0.2) is 60.8 Å². The molecular formula is C21H16N4O2. The lowest BCUT2D eigenvalue weighted by atomic mass is 10.1. The molecule has 0 radical (unpaired) electrons. The van der Waals surface area contributed by atoms with Gasteiger partial charge in [0.2, 0.25) is 0 Å². The van der Waals surface area contributed by atoms with Crippen LogP contribution >= 0.6 is 0 Å². The molecule has 0 aliphatic heterocycles. The summed E-state index contributed by atoms with van der Waals surface area (Å²) >= 11 is 0. The van der Waals surface area contributed by atoms with Gasteiger partial charge in [-0.3, -0.25) is 0 Å². The number of hydrogen-bond acceptors (Lipinski definition) is 4. The van der Waals surface area contributed by atoms with Gasteiger partial charge in [-0.2, -0.15) is 5.26 Å². The zero-order valence-corrected chi connectivity index (χ0v) is 14.6. The first-order valence-corrected chi connectivity index (χ1v) is 8.30. The second kappa shape index (κ2) is 6.39. The van der Waals surface area contributed by atoms with E-state index in [1.807, 2.05) is 48.5 Å². The zero-order chi connectivity index (χ0) is 19.0. The fourth-order valence-corrected chi connectivity index (χ4v) is 3.15. The molecule has 0 saturated heterocycles. The maximum atomic E-state index is 12.1. The number of aromatic amines is 1. The average molecular weight is 356 g/mol. The van der Waals surface area contributed by atoms with Crippen LogP contribution in [-0.2, 0) is 4.74 Å². The number of para-hydroxylation sites is 1. The van der Waals surface area contributed by atoms with E-state index in [0.717, 1.165) is 22.2 Å². The van der Waals surface area contributed by atoms with Crippen molar-refractivity contribution in [2.24, 2.45) is 0 Å². The molecule has 0 amide bonds. The van der Waals surface area contributed by atoms with Crippen LogP contribution in [0.1, 0.15) is 16.1 Å². The number of carbonyl (C=O) groups is 1. The molecule has 0 spiro atoms. The summed E-state index contributed by atoms with van der Waals surface area (Å²) in [6, 6.07) is 19.8. The molecule has 2 aromatic carbocycles. The Bertz CT molecular complexity index is 1160. The predicted octanol–water partition coefficient (Wildman–Crippen LogP) is 3.87. The number of nitrogens with one attached hydrogen (secondary N) is 1. The van der Waals surface area contributed by atoms with E-state index in [1.54, 1.807) is 10.8 Å². The fourth-order valence-electron chi connectivity index (χ4n) is 3.15. The molecule has 4 rings (SSSR count). The maximum Gasteiger partial charge on any atom is 0.357 e. The van der Waals surface area contributed by atoms with Gasteiger partial charge in [0.15, 0.2) is 5.69 Å². The van der Waals surface area contributed by atoms with Gasteiger partial charge in [0.25, 0.3) is 0 Å². The molecule has 2 aromatic heterocycles. The van der Waals surface area contributed by atoms with Gasteiger partial charge in [0.05, 0.1) is 18.4 Å². The van der Waals surface area contributed by atoms with Gasteiger partial charge in [-0.1, -0.05) is 30.3 Å². The molecule has 6 nitrogen and oxygen atoms in total. The Balaban J connectivity index is 1.77. The van der Waals surface area contributed by atoms with Crippen LogP contribution in [0.2, 0.25) is 0 Å². The van der Waals surface area contributed by atoms with Crippen LogP contribution in [0.5, 0.6) is 0 Å². The molecule has 0 aliphatic carbocycles. The lowest BCUT2D eigenvalue weighted by molar-refractivity contribution is 0.0593. The molecule has 0 fully saturated rings. The minimum Gasteiger partial charge on any atom is -0.464 e. The Kier molecular flexibility index (Phi) is 3.90. The van der Waals surface area contributed by atoms with E-state index in [4.69, 9.17) is 10.5 Å². The number of nitriles is 1. The van der Waals surface area contributed by atoms with Crippen molar-refractivity contribution in [2.45, 2.75) is 0 Å². The highest BCUT2D eigenvalue weighted by Gasteiger charge is 2.21. The average Bonchev–Trinajstić information content (AvgIpc) is 3.28. The Morgan fingerprint density at radius 2 is 1.93 bits per heavy atom. The largest absolute Gasteiger partial charge is 0.464 e. The zero-order valence-electron chi connectivity index (χ0n) is 14.6. The van der Waals surface area contributed by atoms with Crippen molar-refractivity contribution in [1.29, 1.82) is 5.26 Å². The van der Waals surface area contributed by atoms with Gasteiger partial charge in [-0.05, 0) is 29.8 Å². The molecule has 6 heteroatoms. The molecule has 0 bridgehead atoms. The topological polar surface area (TPSA) is 96.8 Å². The number of esters is 1. The van der Waals surface area contributed by atoms with Crippen molar-refractivity contribution in [3.63, 3.8) is 0 Å². The third kappa shape index (κ3) is 2.71. The van der Waals surface area contributed by atoms with E-state index in [-0.39, 0.29) is 16.9 Å². The third-order valence-corrected chi connectivity index (χ3v) is 4.53. The summed E-state index contributed by atoms with van der Waals surface area (Å²) in [5.41, 5.74) is 10.2. The highest BCUT2D eigenvalue weighted by molar-refractivity contribution is 5.96. The van der Waals surface area contributed by atoms with Gasteiger partial charge >= 0.3 is 5.97 Å². The van der Waals surface area contributed by atoms with E-state index in [2.05, 4.69) is 17.1 Å². The number of aromatic nitrogens is 2. The first-order valence-electron chi connectivity index (χ1n) is 8.30. The maximum absolute atomic E-state index is 12.1. The number of benzene rings is 2. The molecule has 2 heterocycles. The summed E-state index contributed by atoms with van der Waals surface area (Å²) in [7, 11) is 1.28. The standard InChI is InChI=1S/C21H16N4O2/c1-27-21(26)20-19(23)15(11-22)12-25(20)16-8-6-13(7-9-16)18-10-14-4-2-3-5-17(14)24-18/h2-10,12,24H,23H2,1H3. The van der Waals surface area contributed by atoms with Crippen molar-refractivity contribution in [2.75, 3.05) is 12.8 Å². The Morgan fingerprint density at radius 3 is 2.59 bits per heavy atom. The highest BCUT2D eigenvalue weighted by atomic mass is 16.5. The molecule has 27 heavy (non-hydrogen) atoms. The SMILES string of the molecule is COC(=O)c1c(N)c(C#N)cn1-c1ccc(-c2cc3ccccc3[nH]2)cc1. The van der Waals surface area contributed by atoms with Crippen molar-refractivity contribution >= 4 is 22.6 Å². The number of carbonyl (C=O) groups excluding carboxylic acids is 1. The number of nitrogen functional groups attached to an aromatic ring is 1. The molecule has 0 unspecified atom stereocenters. The van der Waals surface area contributed by atoms with Crippen molar-refractivity contribution in [1.82, 2.24) is 9.55 Å². The summed E-state index contributed by atoms with van der Waals surface area (Å²) < 4.78 is 6.39. The Hall–Kier alpha value is -3.98. The van der Waals surface area contributed by atoms with Crippen LogP contribution in [0.4, 0.5) is 5.69 Å². The fraction of sp³-hybridized carbons (Fsp3) is 0.0476. The summed E-state index contributed by atoms with van der Waals surface area (Å²) in [6.45, 7) is 0. The molecule has 4 aromatic rings. The first-order chi connectivity index (χ1) is 13.1. The van der Waals surface area contributed by atoms with Gasteiger partial charge in [-0.25, -0.2) is 4.79 Å². The predicted molar refractivity (Wildman–Crippen MR) is 104 cm³/mol. The van der Waals surface area contributed by atoms with Crippen molar-refractivity contribution < 1.29 is 9.53 Å². The number of ether oxygens (including phenoxy) is 1. The minimum atomic E-state index is -0.589. The summed E-state index contributed by atoms with van der Waals surface area (Å²) in [4.78, 5) is 15.5. The number of nitrogens with zero attached hydrogens (tertiary/aromatic N) is 2. The number of fused-ring (bicyclic) bond motifs is 1. The second-order valence-electron chi connectivity index (χ2n) is 6.10. The third-order valence-electron chi connectivity index (χ3n) is 4.53. The number of hydrogen-bond donors (Lipinski definition) is 2. The van der Waals surface area contributed by atoms with E-state index in [0.29, 0.717) is 5.69 Å². The number of methoxy groups -OCH3 is 1. The van der Waals surface area contributed by atoms with Gasteiger partial charge < -0.3 is 20.0 Å². The number of H-pyrrole nitrogens is 1. The van der Waals surface area contributed by atoms with Crippen LogP contribution in [0.3, 0.4) is 0 Å². The van der Waals surface area contributed by atoms with E-state index >= 15 is 0 Å². The van der Waals surface area contributed by atoms with E-state index < -0.39 is 5.97 Å². The van der Waals surface area contributed by atoms with Crippen molar-refractivity contribution in [3.8, 4) is 23.0 Å². The van der Waals surface area contributed by atoms with Gasteiger partial charge in [-0.15, -0.1) is 0 Å². The van der Waals surface area contributed by atoms with Gasteiger partial charge in [0.1, 0.15) is 6.07 Å². The molecule has 3 N–H and O–H groups in total. The minimum absolute atomic E-state index is 0.115.